The first-order chi connectivity index (χ1) is 8.66. The van der Waals surface area contributed by atoms with Crippen LogP contribution in [-0.2, 0) is 0 Å². The fourth-order valence-electron chi connectivity index (χ4n) is 1.45. The fourth-order valence-corrected chi connectivity index (χ4v) is 2.30. The van der Waals surface area contributed by atoms with Gasteiger partial charge in [-0.05, 0) is 29.8 Å². The summed E-state index contributed by atoms with van der Waals surface area (Å²) in [6, 6.07) is 8.98. The average molecular weight is 266 g/mol. The van der Waals surface area contributed by atoms with Crippen LogP contribution in [0.3, 0.4) is 0 Å². The van der Waals surface area contributed by atoms with E-state index in [9.17, 15) is 8.78 Å². The van der Waals surface area contributed by atoms with Gasteiger partial charge in [0, 0.05) is 18.0 Å². The van der Waals surface area contributed by atoms with Crippen molar-refractivity contribution >= 4 is 11.8 Å². The molecular weight excluding hydrogens is 254 g/mol. The molecule has 1 aromatic carbocycles. The second-order valence-corrected chi connectivity index (χ2v) is 4.80. The van der Waals surface area contributed by atoms with Gasteiger partial charge in [-0.3, -0.25) is 0 Å². The molecule has 18 heavy (non-hydrogen) atoms. The minimum atomic E-state index is -0.870. The molecule has 0 bridgehead atoms. The summed E-state index contributed by atoms with van der Waals surface area (Å²) in [5, 5.41) is 0.857. The summed E-state index contributed by atoms with van der Waals surface area (Å²) in [6.45, 7) is 0. The van der Waals surface area contributed by atoms with Gasteiger partial charge in [-0.25, -0.2) is 13.8 Å². The molecule has 0 spiro atoms. The number of pyridine rings is 1. The van der Waals surface area contributed by atoms with Gasteiger partial charge in [-0.2, -0.15) is 0 Å². The number of aromatic nitrogens is 1. The molecular formula is C13H12F2N2S. The summed E-state index contributed by atoms with van der Waals surface area (Å²) < 4.78 is 25.8. The highest BCUT2D eigenvalue weighted by molar-refractivity contribution is 7.99. The van der Waals surface area contributed by atoms with Crippen molar-refractivity contribution in [3.8, 4) is 0 Å². The number of benzene rings is 1. The summed E-state index contributed by atoms with van der Waals surface area (Å²) in [5.74, 6) is -1.17. The number of halogens is 2. The van der Waals surface area contributed by atoms with Crippen molar-refractivity contribution < 1.29 is 8.78 Å². The third-order valence-electron chi connectivity index (χ3n) is 2.42. The summed E-state index contributed by atoms with van der Waals surface area (Å²) >= 11 is 1.48. The first-order valence-corrected chi connectivity index (χ1v) is 6.40. The Morgan fingerprint density at radius 1 is 1.17 bits per heavy atom. The molecule has 2 rings (SSSR count). The summed E-state index contributed by atoms with van der Waals surface area (Å²) in [4.78, 5) is 4.15. The van der Waals surface area contributed by atoms with Gasteiger partial charge in [0.2, 0.25) is 0 Å². The lowest BCUT2D eigenvalue weighted by Gasteiger charge is -2.11. The van der Waals surface area contributed by atoms with E-state index in [1.807, 2.05) is 18.2 Å². The number of thioether (sulfide) groups is 1. The lowest BCUT2D eigenvalue weighted by atomic mass is 10.1. The van der Waals surface area contributed by atoms with Crippen LogP contribution in [0.4, 0.5) is 8.78 Å². The van der Waals surface area contributed by atoms with Crippen LogP contribution in [0.15, 0.2) is 47.6 Å². The van der Waals surface area contributed by atoms with Crippen molar-refractivity contribution in [1.82, 2.24) is 4.98 Å². The maximum Gasteiger partial charge on any atom is 0.159 e. The summed E-state index contributed by atoms with van der Waals surface area (Å²) in [7, 11) is 0. The summed E-state index contributed by atoms with van der Waals surface area (Å²) in [5.41, 5.74) is 6.50. The molecule has 2 N–H and O–H groups in total. The third-order valence-corrected chi connectivity index (χ3v) is 3.48. The number of nitrogens with zero attached hydrogens (tertiary/aromatic N) is 1. The standard InChI is InChI=1S/C13H12F2N2S/c14-10-5-4-9(7-11(10)15)12(16)8-18-13-3-1-2-6-17-13/h1-7,12H,8,16H2. The van der Waals surface area contributed by atoms with E-state index in [2.05, 4.69) is 4.98 Å². The Labute approximate surface area is 108 Å². The second-order valence-electron chi connectivity index (χ2n) is 3.76. The van der Waals surface area contributed by atoms with E-state index in [0.29, 0.717) is 11.3 Å². The molecule has 0 aliphatic heterocycles. The first kappa shape index (κ1) is 13.0. The number of hydrogen-bond acceptors (Lipinski definition) is 3. The third kappa shape index (κ3) is 3.27. The molecule has 2 nitrogen and oxygen atoms in total. The van der Waals surface area contributed by atoms with Crippen molar-refractivity contribution in [1.29, 1.82) is 0 Å². The van der Waals surface area contributed by atoms with E-state index in [1.165, 1.54) is 17.8 Å². The van der Waals surface area contributed by atoms with Crippen LogP contribution in [0.25, 0.3) is 0 Å². The van der Waals surface area contributed by atoms with Crippen LogP contribution >= 0.6 is 11.8 Å². The lowest BCUT2D eigenvalue weighted by Crippen LogP contribution is -2.13. The molecule has 0 radical (unpaired) electrons. The smallest absolute Gasteiger partial charge is 0.159 e. The van der Waals surface area contributed by atoms with Gasteiger partial charge in [0.1, 0.15) is 0 Å². The fraction of sp³-hybridized carbons (Fsp3) is 0.154. The Bertz CT molecular complexity index is 520. The van der Waals surface area contributed by atoms with Gasteiger partial charge in [0.25, 0.3) is 0 Å². The van der Waals surface area contributed by atoms with E-state index in [-0.39, 0.29) is 6.04 Å². The lowest BCUT2D eigenvalue weighted by molar-refractivity contribution is 0.506. The van der Waals surface area contributed by atoms with Crippen LogP contribution in [0.2, 0.25) is 0 Å². The van der Waals surface area contributed by atoms with E-state index in [1.54, 1.807) is 6.20 Å². The molecule has 1 aromatic heterocycles. The summed E-state index contributed by atoms with van der Waals surface area (Å²) in [6.07, 6.45) is 1.70. The maximum absolute atomic E-state index is 13.1. The van der Waals surface area contributed by atoms with Crippen molar-refractivity contribution in [2.45, 2.75) is 11.1 Å². The molecule has 0 aliphatic carbocycles. The van der Waals surface area contributed by atoms with Crippen LogP contribution in [0, 0.1) is 11.6 Å². The SMILES string of the molecule is NC(CSc1ccccn1)c1ccc(F)c(F)c1. The van der Waals surface area contributed by atoms with Crippen LogP contribution < -0.4 is 5.73 Å². The number of rotatable bonds is 4. The predicted molar refractivity (Wildman–Crippen MR) is 68.2 cm³/mol. The van der Waals surface area contributed by atoms with E-state index >= 15 is 0 Å². The zero-order valence-corrected chi connectivity index (χ0v) is 10.3. The highest BCUT2D eigenvalue weighted by Gasteiger charge is 2.10. The van der Waals surface area contributed by atoms with Crippen molar-refractivity contribution in [3.05, 3.63) is 59.8 Å². The van der Waals surface area contributed by atoms with Crippen molar-refractivity contribution in [3.63, 3.8) is 0 Å². The normalized spacial score (nSPS) is 12.4. The second kappa shape index (κ2) is 5.93. The Kier molecular flexibility index (Phi) is 4.28. The largest absolute Gasteiger partial charge is 0.323 e. The van der Waals surface area contributed by atoms with Gasteiger partial charge < -0.3 is 5.73 Å². The quantitative estimate of drug-likeness (QED) is 0.864. The van der Waals surface area contributed by atoms with Gasteiger partial charge in [0.05, 0.1) is 5.03 Å². The first-order valence-electron chi connectivity index (χ1n) is 5.41. The van der Waals surface area contributed by atoms with E-state index < -0.39 is 11.6 Å². The molecule has 0 saturated heterocycles. The van der Waals surface area contributed by atoms with Gasteiger partial charge in [-0.15, -0.1) is 11.8 Å². The Hall–Kier alpha value is -1.46. The predicted octanol–water partition coefficient (Wildman–Crippen LogP) is 3.15. The molecule has 0 amide bonds. The molecule has 94 valence electrons. The minimum Gasteiger partial charge on any atom is -0.323 e. The molecule has 1 atom stereocenters. The zero-order chi connectivity index (χ0) is 13.0. The Balaban J connectivity index is 1.99. The zero-order valence-electron chi connectivity index (χ0n) is 9.51. The molecule has 0 fully saturated rings. The van der Waals surface area contributed by atoms with Crippen molar-refractivity contribution in [2.24, 2.45) is 5.73 Å². The van der Waals surface area contributed by atoms with Gasteiger partial charge in [-0.1, -0.05) is 12.1 Å². The van der Waals surface area contributed by atoms with Gasteiger partial charge >= 0.3 is 0 Å². The van der Waals surface area contributed by atoms with E-state index in [0.717, 1.165) is 17.2 Å². The maximum atomic E-state index is 13.1. The van der Waals surface area contributed by atoms with Crippen LogP contribution in [-0.4, -0.2) is 10.7 Å². The molecule has 0 saturated carbocycles. The average Bonchev–Trinajstić information content (AvgIpc) is 2.40. The highest BCUT2D eigenvalue weighted by atomic mass is 32.2. The minimum absolute atomic E-state index is 0.355. The van der Waals surface area contributed by atoms with E-state index in [4.69, 9.17) is 5.73 Å². The number of hydrogen-bond donors (Lipinski definition) is 1. The number of nitrogens with two attached hydrogens (primary N) is 1. The highest BCUT2D eigenvalue weighted by Crippen LogP contribution is 2.22. The molecule has 5 heteroatoms. The Morgan fingerprint density at radius 2 is 2.00 bits per heavy atom. The molecule has 0 aliphatic rings. The molecule has 1 unspecified atom stereocenters. The van der Waals surface area contributed by atoms with Crippen molar-refractivity contribution in [2.75, 3.05) is 5.75 Å². The van der Waals surface area contributed by atoms with Gasteiger partial charge in [0.15, 0.2) is 11.6 Å². The van der Waals surface area contributed by atoms with Crippen LogP contribution in [0.5, 0.6) is 0 Å². The molecule has 1 heterocycles. The Morgan fingerprint density at radius 3 is 2.67 bits per heavy atom. The molecule has 2 aromatic rings. The van der Waals surface area contributed by atoms with Crippen LogP contribution in [0.1, 0.15) is 11.6 Å². The monoisotopic (exact) mass is 266 g/mol. The topological polar surface area (TPSA) is 38.9 Å².